The van der Waals surface area contributed by atoms with Gasteiger partial charge in [0, 0.05) is 30.6 Å². The van der Waals surface area contributed by atoms with Crippen molar-refractivity contribution in [2.75, 3.05) is 24.3 Å². The summed E-state index contributed by atoms with van der Waals surface area (Å²) in [5.41, 5.74) is 16.9. The van der Waals surface area contributed by atoms with E-state index in [-0.39, 0.29) is 37.5 Å². The number of aliphatic carboxylic acids is 1. The lowest BCUT2D eigenvalue weighted by atomic mass is 10.1. The number of aromatic nitrogens is 2. The number of hydrogen-bond donors (Lipinski definition) is 9. The van der Waals surface area contributed by atoms with E-state index >= 15 is 0 Å². The maximum atomic E-state index is 13.2. The van der Waals surface area contributed by atoms with Crippen molar-refractivity contribution < 1.29 is 24.3 Å². The number of nitrogens with two attached hydrogens (primary N) is 3. The predicted molar refractivity (Wildman–Crippen MR) is 140 cm³/mol. The number of nitrogens with zero attached hydrogens (tertiary/aromatic N) is 2. The highest BCUT2D eigenvalue weighted by molar-refractivity contribution is 7.98. The predicted octanol–water partition coefficient (Wildman–Crippen LogP) is -2.44. The zero-order valence-corrected chi connectivity index (χ0v) is 21.7. The summed E-state index contributed by atoms with van der Waals surface area (Å²) < 4.78 is 0. The van der Waals surface area contributed by atoms with Gasteiger partial charge in [-0.1, -0.05) is 0 Å². The van der Waals surface area contributed by atoms with Crippen molar-refractivity contribution in [2.45, 2.75) is 49.9 Å². The van der Waals surface area contributed by atoms with Crippen LogP contribution in [0.2, 0.25) is 0 Å². The number of carbonyl (C=O) groups excluding carboxylic acids is 3. The van der Waals surface area contributed by atoms with Crippen LogP contribution in [0.4, 0.5) is 0 Å². The van der Waals surface area contributed by atoms with Crippen LogP contribution in [0.5, 0.6) is 0 Å². The van der Waals surface area contributed by atoms with E-state index in [1.54, 1.807) is 0 Å². The van der Waals surface area contributed by atoms with Crippen LogP contribution in [0.1, 0.15) is 25.0 Å². The van der Waals surface area contributed by atoms with E-state index in [0.29, 0.717) is 17.9 Å². The first kappa shape index (κ1) is 31.1. The van der Waals surface area contributed by atoms with Crippen molar-refractivity contribution in [1.29, 1.82) is 0 Å². The molecule has 36 heavy (non-hydrogen) atoms. The molecule has 0 saturated carbocycles. The normalized spacial score (nSPS) is 14.1. The van der Waals surface area contributed by atoms with Gasteiger partial charge in [-0.2, -0.15) is 24.4 Å². The summed E-state index contributed by atoms with van der Waals surface area (Å²) in [6, 6.07) is -4.28. The fraction of sp³-hybridized carbons (Fsp3) is 0.600. The SMILES string of the molecule is CSCCC(NC(=O)C(CCCN=C(N)N)NC(=O)C(Cc1cnc[nH]1)NC(=O)C(N)CS)C(=O)O. The molecule has 0 spiro atoms. The van der Waals surface area contributed by atoms with E-state index in [0.717, 1.165) is 0 Å². The van der Waals surface area contributed by atoms with Crippen LogP contribution in [0.15, 0.2) is 17.5 Å². The van der Waals surface area contributed by atoms with Gasteiger partial charge in [-0.15, -0.1) is 0 Å². The summed E-state index contributed by atoms with van der Waals surface area (Å²) >= 11 is 5.44. The fourth-order valence-electron chi connectivity index (χ4n) is 3.00. The molecule has 1 aromatic heterocycles. The van der Waals surface area contributed by atoms with Gasteiger partial charge in [-0.25, -0.2) is 9.78 Å². The third-order valence-electron chi connectivity index (χ3n) is 4.95. The smallest absolute Gasteiger partial charge is 0.326 e. The number of carboxylic acid groups (broad SMARTS) is 1. The average Bonchev–Trinajstić information content (AvgIpc) is 3.35. The van der Waals surface area contributed by atoms with Crippen molar-refractivity contribution in [2.24, 2.45) is 22.2 Å². The largest absolute Gasteiger partial charge is 0.480 e. The summed E-state index contributed by atoms with van der Waals surface area (Å²) in [6.07, 6.45) is 5.42. The first-order valence-corrected chi connectivity index (χ1v) is 13.1. The molecule has 1 rings (SSSR count). The number of aliphatic imine (C=N–C) groups is 1. The van der Waals surface area contributed by atoms with Crippen molar-refractivity contribution in [3.05, 3.63) is 18.2 Å². The molecule has 0 saturated heterocycles. The van der Waals surface area contributed by atoms with Crippen molar-refractivity contribution in [3.63, 3.8) is 0 Å². The number of rotatable bonds is 17. The lowest BCUT2D eigenvalue weighted by Crippen LogP contribution is -2.57. The van der Waals surface area contributed by atoms with Crippen LogP contribution in [0, 0.1) is 0 Å². The molecule has 1 heterocycles. The molecule has 0 aliphatic rings. The molecule has 14 nitrogen and oxygen atoms in total. The Morgan fingerprint density at radius 3 is 2.31 bits per heavy atom. The van der Waals surface area contributed by atoms with Gasteiger partial charge in [0.05, 0.1) is 12.4 Å². The number of guanidine groups is 1. The number of imidazole rings is 1. The topological polar surface area (TPSA) is 244 Å². The van der Waals surface area contributed by atoms with Crippen molar-refractivity contribution in [3.8, 4) is 0 Å². The van der Waals surface area contributed by atoms with Gasteiger partial charge < -0.3 is 43.2 Å². The van der Waals surface area contributed by atoms with Gasteiger partial charge in [-0.05, 0) is 31.3 Å². The van der Waals surface area contributed by atoms with Gasteiger partial charge in [0.25, 0.3) is 0 Å². The Hall–Kier alpha value is -2.98. The first-order valence-electron chi connectivity index (χ1n) is 11.1. The molecule has 4 atom stereocenters. The molecule has 16 heteroatoms. The molecule has 11 N–H and O–H groups in total. The molecule has 0 aromatic carbocycles. The molecule has 1 aromatic rings. The average molecular weight is 546 g/mol. The number of aromatic amines is 1. The number of H-pyrrole nitrogens is 1. The highest BCUT2D eigenvalue weighted by atomic mass is 32.2. The van der Waals surface area contributed by atoms with Crippen LogP contribution in [-0.2, 0) is 25.6 Å². The van der Waals surface area contributed by atoms with Crippen LogP contribution < -0.4 is 33.2 Å². The third kappa shape index (κ3) is 11.6. The highest BCUT2D eigenvalue weighted by Crippen LogP contribution is 2.06. The Morgan fingerprint density at radius 2 is 1.75 bits per heavy atom. The van der Waals surface area contributed by atoms with E-state index in [2.05, 4.69) is 43.5 Å². The zero-order valence-electron chi connectivity index (χ0n) is 20.0. The number of amides is 3. The Bertz CT molecular complexity index is 881. The molecule has 0 fully saturated rings. The number of thiol groups is 1. The quantitative estimate of drug-likeness (QED) is 0.0433. The molecular weight excluding hydrogens is 510 g/mol. The molecule has 202 valence electrons. The maximum absolute atomic E-state index is 13.2. The van der Waals surface area contributed by atoms with E-state index < -0.39 is 47.9 Å². The summed E-state index contributed by atoms with van der Waals surface area (Å²) in [4.78, 5) is 60.7. The summed E-state index contributed by atoms with van der Waals surface area (Å²) in [7, 11) is 0. The van der Waals surface area contributed by atoms with E-state index in [1.807, 2.05) is 6.26 Å². The maximum Gasteiger partial charge on any atom is 0.326 e. The van der Waals surface area contributed by atoms with E-state index in [4.69, 9.17) is 17.2 Å². The second kappa shape index (κ2) is 16.6. The number of hydrogen-bond acceptors (Lipinski definition) is 9. The third-order valence-corrected chi connectivity index (χ3v) is 5.99. The van der Waals surface area contributed by atoms with Gasteiger partial charge in [0.2, 0.25) is 17.7 Å². The molecule has 3 amide bonds. The standard InChI is InChI=1S/C20H35N9O5S2/c1-36-6-4-14(19(33)34)28-17(31)13(3-2-5-25-20(22)23)27-18(32)15(7-11-8-24-10-26-11)29-16(30)12(21)9-35/h8,10,12-15,35H,2-7,9,21H2,1H3,(H,24,26)(H,27,32)(H,28,31)(H,29,30)(H,33,34)(H4,22,23,25). The summed E-state index contributed by atoms with van der Waals surface area (Å²) in [5.74, 6) is -2.67. The minimum absolute atomic E-state index is 0.0463. The van der Waals surface area contributed by atoms with Crippen LogP contribution in [0.25, 0.3) is 0 Å². The first-order chi connectivity index (χ1) is 17.1. The molecule has 0 bridgehead atoms. The van der Waals surface area contributed by atoms with Crippen molar-refractivity contribution >= 4 is 54.0 Å². The van der Waals surface area contributed by atoms with E-state index in [9.17, 15) is 24.3 Å². The lowest BCUT2D eigenvalue weighted by molar-refractivity contribution is -0.142. The number of thioether (sulfide) groups is 1. The number of carboxylic acids is 1. The van der Waals surface area contributed by atoms with Crippen LogP contribution >= 0.6 is 24.4 Å². The Kier molecular flexibility index (Phi) is 14.4. The molecule has 0 aliphatic carbocycles. The van der Waals surface area contributed by atoms with Gasteiger partial charge in [0.1, 0.15) is 18.1 Å². The number of carbonyl (C=O) groups is 4. The molecular formula is C20H35N9O5S2. The van der Waals surface area contributed by atoms with Crippen molar-refractivity contribution in [1.82, 2.24) is 25.9 Å². The summed E-state index contributed by atoms with van der Waals surface area (Å²) in [5, 5.41) is 17.1. The summed E-state index contributed by atoms with van der Waals surface area (Å²) in [6.45, 7) is 0.196. The Labute approximate surface area is 218 Å². The number of nitrogens with one attached hydrogen (secondary N) is 4. The zero-order chi connectivity index (χ0) is 27.1. The van der Waals surface area contributed by atoms with Gasteiger partial charge in [0.15, 0.2) is 5.96 Å². The second-order valence-electron chi connectivity index (χ2n) is 7.82. The van der Waals surface area contributed by atoms with Gasteiger partial charge in [-0.3, -0.25) is 19.4 Å². The van der Waals surface area contributed by atoms with Crippen LogP contribution in [-0.4, -0.2) is 93.2 Å². The fourth-order valence-corrected chi connectivity index (χ4v) is 3.63. The molecule has 0 aliphatic heterocycles. The minimum Gasteiger partial charge on any atom is -0.480 e. The minimum atomic E-state index is -1.19. The Morgan fingerprint density at radius 1 is 1.11 bits per heavy atom. The molecule has 0 radical (unpaired) electrons. The monoisotopic (exact) mass is 545 g/mol. The second-order valence-corrected chi connectivity index (χ2v) is 9.17. The van der Waals surface area contributed by atoms with E-state index in [1.165, 1.54) is 24.3 Å². The highest BCUT2D eigenvalue weighted by Gasteiger charge is 2.30. The van der Waals surface area contributed by atoms with Gasteiger partial charge >= 0.3 is 5.97 Å². The Balaban J connectivity index is 3.05. The van der Waals surface area contributed by atoms with Crippen LogP contribution in [0.3, 0.4) is 0 Å². The lowest BCUT2D eigenvalue weighted by Gasteiger charge is -2.25. The molecule has 4 unspecified atom stereocenters.